The molecule has 9 nitrogen and oxygen atoms in total. The van der Waals surface area contributed by atoms with Gasteiger partial charge in [0, 0.05) is 37.6 Å². The third kappa shape index (κ3) is 4.07. The van der Waals surface area contributed by atoms with E-state index in [0.29, 0.717) is 37.1 Å². The van der Waals surface area contributed by atoms with Crippen LogP contribution in [0.5, 0.6) is 11.5 Å². The molecule has 28 heavy (non-hydrogen) atoms. The number of aromatic nitrogens is 3. The number of sulfonamides is 1. The van der Waals surface area contributed by atoms with Gasteiger partial charge in [0.1, 0.15) is 31.2 Å². The summed E-state index contributed by atoms with van der Waals surface area (Å²) in [6, 6.07) is 10.2. The number of hydrogen-bond donors (Lipinski definition) is 2. The Hall–Kier alpha value is -3.11. The Bertz CT molecular complexity index is 1050. The number of rotatable bonds is 7. The Kier molecular flexibility index (Phi) is 5.13. The lowest BCUT2D eigenvalue weighted by Gasteiger charge is -2.19. The Morgan fingerprint density at radius 3 is 2.61 bits per heavy atom. The van der Waals surface area contributed by atoms with Gasteiger partial charge in [0.15, 0.2) is 11.5 Å². The Labute approximate surface area is 162 Å². The van der Waals surface area contributed by atoms with Crippen LogP contribution in [0.15, 0.2) is 60.0 Å². The van der Waals surface area contributed by atoms with Gasteiger partial charge in [-0.05, 0) is 24.3 Å². The number of anilines is 1. The van der Waals surface area contributed by atoms with Crippen LogP contribution in [0.2, 0.25) is 0 Å². The van der Waals surface area contributed by atoms with E-state index in [9.17, 15) is 8.42 Å². The van der Waals surface area contributed by atoms with Crippen molar-refractivity contribution in [2.45, 2.75) is 4.90 Å². The summed E-state index contributed by atoms with van der Waals surface area (Å²) in [5.74, 6) is 2.32. The second-order valence-corrected chi connectivity index (χ2v) is 7.75. The zero-order valence-corrected chi connectivity index (χ0v) is 15.7. The van der Waals surface area contributed by atoms with Gasteiger partial charge in [0.25, 0.3) is 0 Å². The molecule has 0 bridgehead atoms. The van der Waals surface area contributed by atoms with Crippen LogP contribution in [0.4, 0.5) is 5.82 Å². The van der Waals surface area contributed by atoms with E-state index in [1.807, 2.05) is 29.1 Å². The van der Waals surface area contributed by atoms with Crippen molar-refractivity contribution in [2.75, 3.05) is 31.6 Å². The van der Waals surface area contributed by atoms with E-state index in [0.717, 1.165) is 5.82 Å². The summed E-state index contributed by atoms with van der Waals surface area (Å²) in [7, 11) is -3.65. The monoisotopic (exact) mass is 401 g/mol. The average Bonchev–Trinajstić information content (AvgIpc) is 3.26. The maximum Gasteiger partial charge on any atom is 0.240 e. The van der Waals surface area contributed by atoms with Crippen LogP contribution >= 0.6 is 0 Å². The van der Waals surface area contributed by atoms with Gasteiger partial charge >= 0.3 is 0 Å². The summed E-state index contributed by atoms with van der Waals surface area (Å²) in [6.45, 7) is 1.42. The van der Waals surface area contributed by atoms with Crippen molar-refractivity contribution in [3.05, 3.63) is 55.1 Å². The van der Waals surface area contributed by atoms with Gasteiger partial charge in [-0.15, -0.1) is 0 Å². The molecular formula is C18H19N5O4S. The molecule has 0 unspecified atom stereocenters. The molecule has 0 amide bonds. The molecule has 1 aliphatic heterocycles. The quantitative estimate of drug-likeness (QED) is 0.577. The largest absolute Gasteiger partial charge is 0.486 e. The fourth-order valence-electron chi connectivity index (χ4n) is 2.72. The number of nitrogens with one attached hydrogen (secondary N) is 2. The minimum absolute atomic E-state index is 0.133. The first kappa shape index (κ1) is 18.3. The second kappa shape index (κ2) is 7.87. The van der Waals surface area contributed by atoms with Crippen molar-refractivity contribution in [3.8, 4) is 17.3 Å². The minimum Gasteiger partial charge on any atom is -0.486 e. The lowest BCUT2D eigenvalue weighted by Crippen LogP contribution is -2.29. The van der Waals surface area contributed by atoms with Gasteiger partial charge in [-0.3, -0.25) is 0 Å². The zero-order chi connectivity index (χ0) is 19.4. The van der Waals surface area contributed by atoms with Gasteiger partial charge in [-0.1, -0.05) is 0 Å². The standard InChI is InChI=1S/C18H19N5O4S/c24-28(25,14-3-4-15-16(11-14)27-10-9-26-15)22-6-5-19-17-12-18(21-13-20-17)23-7-1-2-8-23/h1-4,7-8,11-13,22H,5-6,9-10H2,(H,19,20,21). The lowest BCUT2D eigenvalue weighted by molar-refractivity contribution is 0.171. The van der Waals surface area contributed by atoms with Gasteiger partial charge in [0.05, 0.1) is 4.90 Å². The first-order valence-corrected chi connectivity index (χ1v) is 10.2. The molecule has 0 saturated carbocycles. The molecule has 0 saturated heterocycles. The predicted octanol–water partition coefficient (Wildman–Crippen LogP) is 1.43. The molecule has 10 heteroatoms. The number of benzene rings is 1. The molecule has 0 spiro atoms. The maximum absolute atomic E-state index is 12.5. The topological polar surface area (TPSA) is 107 Å². The van der Waals surface area contributed by atoms with E-state index >= 15 is 0 Å². The molecule has 0 aliphatic carbocycles. The van der Waals surface area contributed by atoms with Crippen LogP contribution in [0, 0.1) is 0 Å². The van der Waals surface area contributed by atoms with Crippen LogP contribution in [-0.2, 0) is 10.0 Å². The van der Waals surface area contributed by atoms with Crippen LogP contribution < -0.4 is 19.5 Å². The third-order valence-corrected chi connectivity index (χ3v) is 5.53. The highest BCUT2D eigenvalue weighted by Crippen LogP contribution is 2.32. The van der Waals surface area contributed by atoms with Crippen LogP contribution in [0.1, 0.15) is 0 Å². The van der Waals surface area contributed by atoms with Gasteiger partial charge in [-0.25, -0.2) is 23.1 Å². The molecule has 3 heterocycles. The Balaban J connectivity index is 1.34. The summed E-state index contributed by atoms with van der Waals surface area (Å²) >= 11 is 0. The van der Waals surface area contributed by atoms with E-state index in [-0.39, 0.29) is 11.4 Å². The third-order valence-electron chi connectivity index (χ3n) is 4.07. The minimum atomic E-state index is -3.65. The van der Waals surface area contributed by atoms with E-state index in [2.05, 4.69) is 20.0 Å². The fourth-order valence-corrected chi connectivity index (χ4v) is 3.77. The van der Waals surface area contributed by atoms with Crippen LogP contribution in [0.3, 0.4) is 0 Å². The SMILES string of the molecule is O=S(=O)(NCCNc1cc(-n2cccc2)ncn1)c1ccc2c(c1)OCCO2. The summed E-state index contributed by atoms with van der Waals surface area (Å²) in [5.41, 5.74) is 0. The van der Waals surface area contributed by atoms with Crippen LogP contribution in [-0.4, -0.2) is 49.3 Å². The van der Waals surface area contributed by atoms with Crippen molar-refractivity contribution in [1.82, 2.24) is 19.3 Å². The number of hydrogen-bond acceptors (Lipinski definition) is 7. The molecule has 0 radical (unpaired) electrons. The van der Waals surface area contributed by atoms with Crippen molar-refractivity contribution in [2.24, 2.45) is 0 Å². The number of fused-ring (bicyclic) bond motifs is 1. The average molecular weight is 401 g/mol. The second-order valence-electron chi connectivity index (χ2n) is 5.98. The highest BCUT2D eigenvalue weighted by molar-refractivity contribution is 7.89. The van der Waals surface area contributed by atoms with Gasteiger partial charge in [0.2, 0.25) is 10.0 Å². The fraction of sp³-hybridized carbons (Fsp3) is 0.222. The van der Waals surface area contributed by atoms with Crippen LogP contribution in [0.25, 0.3) is 5.82 Å². The Morgan fingerprint density at radius 2 is 1.79 bits per heavy atom. The number of ether oxygens (including phenoxy) is 2. The summed E-state index contributed by atoms with van der Waals surface area (Å²) in [6.07, 6.45) is 5.22. The van der Waals surface area contributed by atoms with Gasteiger partial charge in [-0.2, -0.15) is 0 Å². The predicted molar refractivity (Wildman–Crippen MR) is 102 cm³/mol. The maximum atomic E-state index is 12.5. The molecule has 1 aromatic carbocycles. The summed E-state index contributed by atoms with van der Waals surface area (Å²) in [5, 5.41) is 3.08. The molecule has 2 N–H and O–H groups in total. The first-order chi connectivity index (χ1) is 13.6. The van der Waals surface area contributed by atoms with Crippen molar-refractivity contribution >= 4 is 15.8 Å². The summed E-state index contributed by atoms with van der Waals surface area (Å²) in [4.78, 5) is 8.48. The van der Waals surface area contributed by atoms with Crippen molar-refractivity contribution in [1.29, 1.82) is 0 Å². The molecule has 146 valence electrons. The van der Waals surface area contributed by atoms with E-state index in [1.165, 1.54) is 18.5 Å². The molecule has 4 rings (SSSR count). The molecule has 1 aliphatic rings. The molecular weight excluding hydrogens is 382 g/mol. The molecule has 3 aromatic rings. The van der Waals surface area contributed by atoms with Crippen molar-refractivity contribution in [3.63, 3.8) is 0 Å². The van der Waals surface area contributed by atoms with Gasteiger partial charge < -0.3 is 19.4 Å². The number of nitrogens with zero attached hydrogens (tertiary/aromatic N) is 3. The highest BCUT2D eigenvalue weighted by Gasteiger charge is 2.18. The van der Waals surface area contributed by atoms with E-state index in [1.54, 1.807) is 12.1 Å². The smallest absolute Gasteiger partial charge is 0.240 e. The molecule has 0 fully saturated rings. The Morgan fingerprint density at radius 1 is 1.00 bits per heavy atom. The zero-order valence-electron chi connectivity index (χ0n) is 14.9. The molecule has 2 aromatic heterocycles. The normalized spacial score (nSPS) is 13.3. The highest BCUT2D eigenvalue weighted by atomic mass is 32.2. The summed E-state index contributed by atoms with van der Waals surface area (Å²) < 4.78 is 40.2. The first-order valence-electron chi connectivity index (χ1n) is 8.70. The van der Waals surface area contributed by atoms with E-state index in [4.69, 9.17) is 9.47 Å². The molecule has 0 atom stereocenters. The van der Waals surface area contributed by atoms with Crippen molar-refractivity contribution < 1.29 is 17.9 Å². The lowest BCUT2D eigenvalue weighted by atomic mass is 10.3. The van der Waals surface area contributed by atoms with E-state index < -0.39 is 10.0 Å².